The van der Waals surface area contributed by atoms with Gasteiger partial charge in [-0.05, 0) is 33.6 Å². The molecule has 0 aromatic carbocycles. The Morgan fingerprint density at radius 2 is 2.28 bits per heavy atom. The van der Waals surface area contributed by atoms with Crippen LogP contribution in [0.5, 0.6) is 0 Å². The Morgan fingerprint density at radius 3 is 2.94 bits per heavy atom. The smallest absolute Gasteiger partial charge is 0.407 e. The maximum atomic E-state index is 11.6. The molecule has 0 aromatic heterocycles. The van der Waals surface area contributed by atoms with Crippen LogP contribution in [0, 0.1) is 0 Å². The minimum atomic E-state index is -0.453. The second kappa shape index (κ2) is 5.63. The monoisotopic (exact) mass is 278 g/mol. The number of rotatable bonds is 2. The Kier molecular flexibility index (Phi) is 4.86. The summed E-state index contributed by atoms with van der Waals surface area (Å²) in [5.74, 6) is 0. The fourth-order valence-electron chi connectivity index (χ4n) is 2.39. The van der Waals surface area contributed by atoms with E-state index in [0.29, 0.717) is 12.6 Å². The molecule has 0 saturated carbocycles. The van der Waals surface area contributed by atoms with Gasteiger partial charge in [-0.1, -0.05) is 0 Å². The fraction of sp³-hybridized carbons (Fsp3) is 0.917. The number of amides is 1. The molecule has 2 rings (SSSR count). The molecule has 2 saturated heterocycles. The summed E-state index contributed by atoms with van der Waals surface area (Å²) in [5.41, 5.74) is -0.675. The number of alkyl carbamates (subject to hydrolysis) is 1. The molecule has 2 aliphatic heterocycles. The van der Waals surface area contributed by atoms with Crippen molar-refractivity contribution >= 4 is 18.5 Å². The molecule has 2 bridgehead atoms. The zero-order valence-electron chi connectivity index (χ0n) is 11.2. The Labute approximate surface area is 114 Å². The summed E-state index contributed by atoms with van der Waals surface area (Å²) in [6, 6.07) is 0.546. The van der Waals surface area contributed by atoms with Crippen LogP contribution in [-0.4, -0.2) is 43.0 Å². The van der Waals surface area contributed by atoms with Crippen molar-refractivity contribution in [2.75, 3.05) is 19.7 Å². The zero-order chi connectivity index (χ0) is 12.5. The lowest BCUT2D eigenvalue weighted by Crippen LogP contribution is -2.48. The summed E-state index contributed by atoms with van der Waals surface area (Å²) < 4.78 is 11.0. The third-order valence-electron chi connectivity index (χ3n) is 3.16. The first-order chi connectivity index (χ1) is 7.89. The van der Waals surface area contributed by atoms with Gasteiger partial charge in [-0.15, -0.1) is 12.4 Å². The van der Waals surface area contributed by atoms with Crippen molar-refractivity contribution in [1.82, 2.24) is 10.6 Å². The second-order valence-corrected chi connectivity index (χ2v) is 5.96. The van der Waals surface area contributed by atoms with Crippen molar-refractivity contribution < 1.29 is 14.3 Å². The summed E-state index contributed by atoms with van der Waals surface area (Å²) in [6.45, 7) is 7.67. The van der Waals surface area contributed by atoms with Gasteiger partial charge in [0.15, 0.2) is 0 Å². The van der Waals surface area contributed by atoms with Crippen molar-refractivity contribution in [3.05, 3.63) is 0 Å². The highest BCUT2D eigenvalue weighted by atomic mass is 35.5. The van der Waals surface area contributed by atoms with Gasteiger partial charge in [-0.2, -0.15) is 0 Å². The van der Waals surface area contributed by atoms with Gasteiger partial charge in [0.05, 0.1) is 12.1 Å². The van der Waals surface area contributed by atoms with Gasteiger partial charge in [0.1, 0.15) is 5.60 Å². The SMILES string of the molecule is CC(C)(C)OC(=O)NCC12CNC(CCO1)C2.Cl. The van der Waals surface area contributed by atoms with E-state index in [0.717, 1.165) is 26.0 Å². The highest BCUT2D eigenvalue weighted by molar-refractivity contribution is 5.85. The van der Waals surface area contributed by atoms with E-state index in [4.69, 9.17) is 9.47 Å². The van der Waals surface area contributed by atoms with Crippen LogP contribution in [-0.2, 0) is 9.47 Å². The summed E-state index contributed by atoms with van der Waals surface area (Å²) in [6.07, 6.45) is 1.67. The molecular weight excluding hydrogens is 256 g/mol. The van der Waals surface area contributed by atoms with Gasteiger partial charge < -0.3 is 20.1 Å². The highest BCUT2D eigenvalue weighted by Gasteiger charge is 2.43. The first-order valence-electron chi connectivity index (χ1n) is 6.23. The Morgan fingerprint density at radius 1 is 1.56 bits per heavy atom. The van der Waals surface area contributed by atoms with E-state index in [1.165, 1.54) is 0 Å². The number of hydrogen-bond donors (Lipinski definition) is 2. The standard InChI is InChI=1S/C12H22N2O3.ClH/c1-11(2,3)17-10(15)14-8-12-6-9(13-7-12)4-5-16-12;/h9,13H,4-8H2,1-3H3,(H,14,15);1H. The fourth-order valence-corrected chi connectivity index (χ4v) is 2.39. The molecule has 6 heteroatoms. The summed E-state index contributed by atoms with van der Waals surface area (Å²) in [4.78, 5) is 11.6. The van der Waals surface area contributed by atoms with Crippen molar-refractivity contribution in [3.8, 4) is 0 Å². The number of ether oxygens (including phenoxy) is 2. The van der Waals surface area contributed by atoms with Crippen LogP contribution in [0.3, 0.4) is 0 Å². The van der Waals surface area contributed by atoms with Gasteiger partial charge >= 0.3 is 6.09 Å². The quantitative estimate of drug-likeness (QED) is 0.803. The number of carbonyl (C=O) groups is 1. The van der Waals surface area contributed by atoms with Crippen LogP contribution in [0.1, 0.15) is 33.6 Å². The average Bonchev–Trinajstić information content (AvgIpc) is 2.50. The van der Waals surface area contributed by atoms with Crippen LogP contribution in [0.25, 0.3) is 0 Å². The maximum Gasteiger partial charge on any atom is 0.407 e. The molecule has 5 nitrogen and oxygen atoms in total. The third-order valence-corrected chi connectivity index (χ3v) is 3.16. The molecule has 106 valence electrons. The normalized spacial score (nSPS) is 30.5. The largest absolute Gasteiger partial charge is 0.444 e. The summed E-state index contributed by atoms with van der Waals surface area (Å²) in [5, 5.41) is 6.22. The number of carbonyl (C=O) groups excluding carboxylic acids is 1. The third kappa shape index (κ3) is 4.00. The number of nitrogens with one attached hydrogen (secondary N) is 2. The van der Waals surface area contributed by atoms with Gasteiger partial charge in [0.25, 0.3) is 0 Å². The minimum Gasteiger partial charge on any atom is -0.444 e. The predicted octanol–water partition coefficient (Wildman–Crippen LogP) is 1.45. The van der Waals surface area contributed by atoms with E-state index in [-0.39, 0.29) is 24.1 Å². The van der Waals surface area contributed by atoms with E-state index < -0.39 is 5.60 Å². The van der Waals surface area contributed by atoms with E-state index in [1.54, 1.807) is 0 Å². The van der Waals surface area contributed by atoms with Crippen molar-refractivity contribution in [2.24, 2.45) is 0 Å². The molecule has 2 aliphatic rings. The molecule has 0 aliphatic carbocycles. The first kappa shape index (κ1) is 15.5. The Hall–Kier alpha value is -0.520. The van der Waals surface area contributed by atoms with E-state index in [1.807, 2.05) is 20.8 Å². The highest BCUT2D eigenvalue weighted by Crippen LogP contribution is 2.29. The number of hydrogen-bond acceptors (Lipinski definition) is 4. The lowest BCUT2D eigenvalue weighted by atomic mass is 9.96. The molecule has 2 unspecified atom stereocenters. The van der Waals surface area contributed by atoms with Crippen molar-refractivity contribution in [1.29, 1.82) is 0 Å². The molecular formula is C12H23ClN2O3. The van der Waals surface area contributed by atoms with Crippen molar-refractivity contribution in [3.63, 3.8) is 0 Å². The van der Waals surface area contributed by atoms with Gasteiger partial charge in [-0.3, -0.25) is 0 Å². The zero-order valence-corrected chi connectivity index (χ0v) is 12.1. The average molecular weight is 279 g/mol. The Bertz CT molecular complexity index is 302. The van der Waals surface area contributed by atoms with Crippen LogP contribution in [0.2, 0.25) is 0 Å². The van der Waals surface area contributed by atoms with Crippen LogP contribution in [0.4, 0.5) is 4.79 Å². The lowest BCUT2D eigenvalue weighted by Gasteiger charge is -2.32. The molecule has 2 fully saturated rings. The van der Waals surface area contributed by atoms with Crippen molar-refractivity contribution in [2.45, 2.75) is 50.9 Å². The predicted molar refractivity (Wildman–Crippen MR) is 71.2 cm³/mol. The molecule has 2 heterocycles. The van der Waals surface area contributed by atoms with E-state index >= 15 is 0 Å². The van der Waals surface area contributed by atoms with E-state index in [2.05, 4.69) is 10.6 Å². The van der Waals surface area contributed by atoms with Crippen LogP contribution in [0.15, 0.2) is 0 Å². The molecule has 0 spiro atoms. The van der Waals surface area contributed by atoms with E-state index in [9.17, 15) is 4.79 Å². The molecule has 0 aromatic rings. The van der Waals surface area contributed by atoms with Gasteiger partial charge in [0.2, 0.25) is 0 Å². The van der Waals surface area contributed by atoms with Crippen LogP contribution < -0.4 is 10.6 Å². The molecule has 2 atom stereocenters. The molecule has 1 amide bonds. The molecule has 0 radical (unpaired) electrons. The van der Waals surface area contributed by atoms with Gasteiger partial charge in [0, 0.05) is 19.2 Å². The first-order valence-corrected chi connectivity index (χ1v) is 6.23. The molecule has 2 N–H and O–H groups in total. The topological polar surface area (TPSA) is 59.6 Å². The van der Waals surface area contributed by atoms with Gasteiger partial charge in [-0.25, -0.2) is 4.79 Å². The molecule has 18 heavy (non-hydrogen) atoms. The summed E-state index contributed by atoms with van der Waals surface area (Å²) >= 11 is 0. The maximum absolute atomic E-state index is 11.6. The lowest BCUT2D eigenvalue weighted by molar-refractivity contribution is -0.0507. The minimum absolute atomic E-state index is 0. The second-order valence-electron chi connectivity index (χ2n) is 5.96. The van der Waals surface area contributed by atoms with Crippen LogP contribution >= 0.6 is 12.4 Å². The number of halogens is 1. The Balaban J connectivity index is 0.00000162. The number of fused-ring (bicyclic) bond motifs is 2. The summed E-state index contributed by atoms with van der Waals surface area (Å²) in [7, 11) is 0.